The minimum absolute atomic E-state index is 0.612. The van der Waals surface area contributed by atoms with Crippen molar-refractivity contribution in [2.45, 2.75) is 45.8 Å². The summed E-state index contributed by atoms with van der Waals surface area (Å²) in [6.45, 7) is 8.00. The van der Waals surface area contributed by atoms with Gasteiger partial charge in [0.1, 0.15) is 11.1 Å². The lowest BCUT2D eigenvalue weighted by Gasteiger charge is -2.24. The smallest absolute Gasteiger partial charge is 0.422 e. The molecule has 6 nitrogen and oxygen atoms in total. The number of ether oxygens (including phenoxy) is 1. The average molecular weight is 218 g/mol. The first-order valence-electron chi connectivity index (χ1n) is 4.54. The molecule has 15 heavy (non-hydrogen) atoms. The summed E-state index contributed by atoms with van der Waals surface area (Å²) in [5, 5.41) is 8.73. The largest absolute Gasteiger partial charge is 0.480 e. The standard InChI is InChI=1S/C9H18N2O4/c1-8(2,3)15-7(14)10-11-9(4,5)6(12)13/h11H,1-5H3,(H,10,14)(H,12,13). The van der Waals surface area contributed by atoms with Crippen LogP contribution in [0.5, 0.6) is 0 Å². The van der Waals surface area contributed by atoms with Crippen molar-refractivity contribution in [1.82, 2.24) is 10.9 Å². The fourth-order valence-corrected chi connectivity index (χ4v) is 0.564. The predicted octanol–water partition coefficient (Wildman–Crippen LogP) is 0.879. The molecule has 0 aliphatic rings. The number of hydrogen-bond acceptors (Lipinski definition) is 4. The third-order valence-corrected chi connectivity index (χ3v) is 1.41. The number of amides is 1. The molecule has 0 aliphatic carbocycles. The second kappa shape index (κ2) is 4.48. The van der Waals surface area contributed by atoms with E-state index in [1.54, 1.807) is 20.8 Å². The Morgan fingerprint density at radius 3 is 1.93 bits per heavy atom. The van der Waals surface area contributed by atoms with Crippen molar-refractivity contribution in [2.75, 3.05) is 0 Å². The van der Waals surface area contributed by atoms with Gasteiger partial charge in [-0.25, -0.2) is 10.2 Å². The van der Waals surface area contributed by atoms with E-state index < -0.39 is 23.2 Å². The number of rotatable bonds is 3. The maximum Gasteiger partial charge on any atom is 0.422 e. The summed E-state index contributed by atoms with van der Waals surface area (Å²) >= 11 is 0. The molecule has 6 heteroatoms. The van der Waals surface area contributed by atoms with Crippen LogP contribution in [0.1, 0.15) is 34.6 Å². The number of nitrogens with one attached hydrogen (secondary N) is 2. The number of carbonyl (C=O) groups excluding carboxylic acids is 1. The highest BCUT2D eigenvalue weighted by Gasteiger charge is 2.28. The van der Waals surface area contributed by atoms with Crippen molar-refractivity contribution < 1.29 is 19.4 Å². The highest BCUT2D eigenvalue weighted by atomic mass is 16.6. The van der Waals surface area contributed by atoms with E-state index in [2.05, 4.69) is 10.9 Å². The third-order valence-electron chi connectivity index (χ3n) is 1.41. The van der Waals surface area contributed by atoms with Gasteiger partial charge in [-0.05, 0) is 34.6 Å². The van der Waals surface area contributed by atoms with Crippen molar-refractivity contribution in [1.29, 1.82) is 0 Å². The van der Waals surface area contributed by atoms with Gasteiger partial charge in [-0.1, -0.05) is 0 Å². The van der Waals surface area contributed by atoms with Gasteiger partial charge in [-0.3, -0.25) is 10.2 Å². The van der Waals surface area contributed by atoms with Crippen molar-refractivity contribution in [3.05, 3.63) is 0 Å². The molecule has 3 N–H and O–H groups in total. The molecule has 0 aliphatic heterocycles. The topological polar surface area (TPSA) is 87.7 Å². The molecular weight excluding hydrogens is 200 g/mol. The van der Waals surface area contributed by atoms with Crippen LogP contribution in [0.15, 0.2) is 0 Å². The quantitative estimate of drug-likeness (QED) is 0.612. The minimum Gasteiger partial charge on any atom is -0.480 e. The Bertz CT molecular complexity index is 255. The number of hydrogen-bond donors (Lipinski definition) is 3. The second-order valence-electron chi connectivity index (χ2n) is 4.68. The number of carbonyl (C=O) groups is 2. The second-order valence-corrected chi connectivity index (χ2v) is 4.68. The molecule has 0 radical (unpaired) electrons. The number of aliphatic carboxylic acids is 1. The molecule has 1 amide bonds. The predicted molar refractivity (Wildman–Crippen MR) is 54.2 cm³/mol. The molecule has 0 aromatic rings. The maximum absolute atomic E-state index is 11.1. The zero-order valence-electron chi connectivity index (χ0n) is 9.67. The third kappa shape index (κ3) is 5.90. The summed E-state index contributed by atoms with van der Waals surface area (Å²) in [6, 6.07) is 0. The molecule has 0 aromatic carbocycles. The average Bonchev–Trinajstić information content (AvgIpc) is 1.97. The lowest BCUT2D eigenvalue weighted by atomic mass is 10.1. The van der Waals surface area contributed by atoms with Crippen LogP contribution >= 0.6 is 0 Å². The van der Waals surface area contributed by atoms with E-state index >= 15 is 0 Å². The van der Waals surface area contributed by atoms with Gasteiger partial charge in [0.25, 0.3) is 0 Å². The Morgan fingerprint density at radius 1 is 1.13 bits per heavy atom. The SMILES string of the molecule is CC(C)(C)OC(=O)NNC(C)(C)C(=O)O. The summed E-state index contributed by atoms with van der Waals surface area (Å²) in [6.07, 6.45) is -0.711. The van der Waals surface area contributed by atoms with E-state index in [4.69, 9.17) is 9.84 Å². The molecule has 0 fully saturated rings. The summed E-state index contributed by atoms with van der Waals surface area (Å²) < 4.78 is 4.91. The highest BCUT2D eigenvalue weighted by Crippen LogP contribution is 2.06. The summed E-state index contributed by atoms with van der Waals surface area (Å²) in [5.74, 6) is -1.07. The molecule has 0 saturated carbocycles. The van der Waals surface area contributed by atoms with Crippen molar-refractivity contribution in [2.24, 2.45) is 0 Å². The molecule has 0 aromatic heterocycles. The minimum atomic E-state index is -1.24. The first-order chi connectivity index (χ1) is 6.54. The van der Waals surface area contributed by atoms with Crippen LogP contribution in [0.4, 0.5) is 4.79 Å². The van der Waals surface area contributed by atoms with Crippen LogP contribution in [-0.4, -0.2) is 28.3 Å². The zero-order valence-corrected chi connectivity index (χ0v) is 9.67. The van der Waals surface area contributed by atoms with Crippen LogP contribution in [-0.2, 0) is 9.53 Å². The zero-order chi connectivity index (χ0) is 12.3. The van der Waals surface area contributed by atoms with E-state index in [1.165, 1.54) is 13.8 Å². The molecular formula is C9H18N2O4. The molecule has 0 atom stereocenters. The van der Waals surface area contributed by atoms with Crippen molar-refractivity contribution >= 4 is 12.1 Å². The van der Waals surface area contributed by atoms with Crippen LogP contribution in [0.3, 0.4) is 0 Å². The lowest BCUT2D eigenvalue weighted by molar-refractivity contribution is -0.143. The fourth-order valence-electron chi connectivity index (χ4n) is 0.564. The molecule has 0 saturated heterocycles. The number of carboxylic acids is 1. The Labute approximate surface area is 89.0 Å². The fraction of sp³-hybridized carbons (Fsp3) is 0.778. The summed E-state index contributed by atoms with van der Waals surface area (Å²) in [5.41, 5.74) is 2.67. The number of hydrazine groups is 1. The monoisotopic (exact) mass is 218 g/mol. The van der Waals surface area contributed by atoms with Crippen molar-refractivity contribution in [3.63, 3.8) is 0 Å². The molecule has 0 unspecified atom stereocenters. The van der Waals surface area contributed by atoms with E-state index in [-0.39, 0.29) is 0 Å². The van der Waals surface area contributed by atoms with Gasteiger partial charge in [0, 0.05) is 0 Å². The van der Waals surface area contributed by atoms with Crippen LogP contribution in [0.25, 0.3) is 0 Å². The summed E-state index contributed by atoms with van der Waals surface area (Å²) in [4.78, 5) is 21.8. The van der Waals surface area contributed by atoms with Gasteiger partial charge in [0.2, 0.25) is 0 Å². The van der Waals surface area contributed by atoms with Crippen molar-refractivity contribution in [3.8, 4) is 0 Å². The van der Waals surface area contributed by atoms with Gasteiger partial charge in [-0.15, -0.1) is 0 Å². The molecule has 0 rings (SSSR count). The molecule has 0 spiro atoms. The van der Waals surface area contributed by atoms with Gasteiger partial charge < -0.3 is 9.84 Å². The molecule has 0 bridgehead atoms. The van der Waals surface area contributed by atoms with Gasteiger partial charge in [-0.2, -0.15) is 0 Å². The summed E-state index contributed by atoms with van der Waals surface area (Å²) in [7, 11) is 0. The van der Waals surface area contributed by atoms with Gasteiger partial charge >= 0.3 is 12.1 Å². The number of carboxylic acid groups (broad SMARTS) is 1. The van der Waals surface area contributed by atoms with Crippen LogP contribution in [0.2, 0.25) is 0 Å². The molecule has 0 heterocycles. The van der Waals surface area contributed by atoms with Gasteiger partial charge in [0.15, 0.2) is 0 Å². The molecule has 88 valence electrons. The Kier molecular flexibility index (Phi) is 4.09. The first kappa shape index (κ1) is 13.7. The van der Waals surface area contributed by atoms with Crippen LogP contribution < -0.4 is 10.9 Å². The van der Waals surface area contributed by atoms with E-state index in [0.717, 1.165) is 0 Å². The maximum atomic E-state index is 11.1. The lowest BCUT2D eigenvalue weighted by Crippen LogP contribution is -2.55. The van der Waals surface area contributed by atoms with E-state index in [0.29, 0.717) is 0 Å². The van der Waals surface area contributed by atoms with Crippen LogP contribution in [0, 0.1) is 0 Å². The highest BCUT2D eigenvalue weighted by molar-refractivity contribution is 5.78. The van der Waals surface area contributed by atoms with Gasteiger partial charge in [0.05, 0.1) is 0 Å². The van der Waals surface area contributed by atoms with E-state index in [9.17, 15) is 9.59 Å². The Morgan fingerprint density at radius 2 is 1.60 bits per heavy atom. The Balaban J connectivity index is 4.07. The normalized spacial score (nSPS) is 12.1. The first-order valence-corrected chi connectivity index (χ1v) is 4.54. The Hall–Kier alpha value is -1.30. The van der Waals surface area contributed by atoms with E-state index in [1.807, 2.05) is 0 Å².